The Morgan fingerprint density at radius 2 is 2.00 bits per heavy atom. The number of halogens is 1. The lowest BCUT2D eigenvalue weighted by molar-refractivity contribution is 0.0881. The molecule has 0 unspecified atom stereocenters. The zero-order chi connectivity index (χ0) is 13.1. The van der Waals surface area contributed by atoms with Gasteiger partial charge in [0.2, 0.25) is 0 Å². The number of carbonyl (C=O) groups excluding carboxylic acids is 1. The topological polar surface area (TPSA) is 52.3 Å². The van der Waals surface area contributed by atoms with Gasteiger partial charge in [-0.15, -0.1) is 0 Å². The van der Waals surface area contributed by atoms with Gasteiger partial charge in [-0.25, -0.2) is 4.39 Å². The van der Waals surface area contributed by atoms with Crippen molar-refractivity contribution in [3.05, 3.63) is 29.6 Å². The number of rotatable bonds is 3. The Labute approximate surface area is 106 Å². The van der Waals surface area contributed by atoms with Crippen LogP contribution in [-0.2, 0) is 0 Å². The normalized spacial score (nSPS) is 23.7. The number of benzene rings is 1. The van der Waals surface area contributed by atoms with Gasteiger partial charge in [-0.1, -0.05) is 0 Å². The second kappa shape index (κ2) is 5.48. The van der Waals surface area contributed by atoms with Crippen molar-refractivity contribution in [1.29, 1.82) is 0 Å². The summed E-state index contributed by atoms with van der Waals surface area (Å²) < 4.78 is 18.4. The third-order valence-electron chi connectivity index (χ3n) is 3.57. The highest BCUT2D eigenvalue weighted by molar-refractivity contribution is 6.00. The van der Waals surface area contributed by atoms with Gasteiger partial charge >= 0.3 is 0 Å². The Balaban J connectivity index is 2.20. The van der Waals surface area contributed by atoms with E-state index >= 15 is 0 Å². The molecule has 0 amide bonds. The van der Waals surface area contributed by atoms with E-state index in [1.54, 1.807) is 0 Å². The smallest absolute Gasteiger partial charge is 0.169 e. The van der Waals surface area contributed by atoms with Gasteiger partial charge < -0.3 is 10.5 Å². The molecular weight excluding hydrogens is 233 g/mol. The van der Waals surface area contributed by atoms with Crippen LogP contribution in [0, 0.1) is 11.7 Å². The molecular formula is C14H18FNO2. The molecule has 3 nitrogen and oxygen atoms in total. The van der Waals surface area contributed by atoms with Crippen LogP contribution in [-0.4, -0.2) is 18.9 Å². The summed E-state index contributed by atoms with van der Waals surface area (Å²) in [7, 11) is 1.49. The first kappa shape index (κ1) is 13.0. The molecule has 1 fully saturated rings. The highest BCUT2D eigenvalue weighted by atomic mass is 19.1. The largest absolute Gasteiger partial charge is 0.496 e. The average molecular weight is 251 g/mol. The van der Waals surface area contributed by atoms with Gasteiger partial charge in [0.15, 0.2) is 5.78 Å². The standard InChI is InChI=1S/C14H18FNO2/c1-18-13-7-4-10(15)8-12(13)14(17)9-2-5-11(16)6-3-9/h4,7-9,11H,2-3,5-6,16H2,1H3. The number of nitrogens with two attached hydrogens (primary N) is 1. The minimum absolute atomic E-state index is 0.0294. The van der Waals surface area contributed by atoms with Crippen molar-refractivity contribution in [2.24, 2.45) is 11.7 Å². The fourth-order valence-corrected chi connectivity index (χ4v) is 2.47. The van der Waals surface area contributed by atoms with Crippen LogP contribution in [0.2, 0.25) is 0 Å². The van der Waals surface area contributed by atoms with E-state index in [2.05, 4.69) is 0 Å². The molecule has 1 aromatic carbocycles. The maximum absolute atomic E-state index is 13.2. The third-order valence-corrected chi connectivity index (χ3v) is 3.57. The lowest BCUT2D eigenvalue weighted by atomic mass is 9.81. The van der Waals surface area contributed by atoms with Crippen molar-refractivity contribution in [1.82, 2.24) is 0 Å². The van der Waals surface area contributed by atoms with E-state index in [0.29, 0.717) is 11.3 Å². The number of carbonyl (C=O) groups is 1. The maximum atomic E-state index is 13.2. The third kappa shape index (κ3) is 2.70. The molecule has 0 saturated heterocycles. The second-order valence-corrected chi connectivity index (χ2v) is 4.82. The molecule has 1 aromatic rings. The van der Waals surface area contributed by atoms with Crippen molar-refractivity contribution in [3.8, 4) is 5.75 Å². The van der Waals surface area contributed by atoms with E-state index in [4.69, 9.17) is 10.5 Å². The Hall–Kier alpha value is -1.42. The summed E-state index contributed by atoms with van der Waals surface area (Å²) in [5.41, 5.74) is 6.17. The van der Waals surface area contributed by atoms with Gasteiger partial charge in [-0.2, -0.15) is 0 Å². The minimum atomic E-state index is -0.410. The van der Waals surface area contributed by atoms with Crippen molar-refractivity contribution >= 4 is 5.78 Å². The van der Waals surface area contributed by atoms with Crippen LogP contribution in [0.15, 0.2) is 18.2 Å². The average Bonchev–Trinajstić information content (AvgIpc) is 2.39. The number of hydrogen-bond donors (Lipinski definition) is 1. The highest BCUT2D eigenvalue weighted by Crippen LogP contribution is 2.30. The van der Waals surface area contributed by atoms with E-state index in [9.17, 15) is 9.18 Å². The fourth-order valence-electron chi connectivity index (χ4n) is 2.47. The van der Waals surface area contributed by atoms with E-state index in [1.807, 2.05) is 0 Å². The summed E-state index contributed by atoms with van der Waals surface area (Å²) in [4.78, 5) is 12.4. The van der Waals surface area contributed by atoms with Crippen LogP contribution in [0.25, 0.3) is 0 Å². The Morgan fingerprint density at radius 1 is 1.33 bits per heavy atom. The predicted molar refractivity (Wildman–Crippen MR) is 67.2 cm³/mol. The molecule has 18 heavy (non-hydrogen) atoms. The van der Waals surface area contributed by atoms with E-state index in [0.717, 1.165) is 25.7 Å². The second-order valence-electron chi connectivity index (χ2n) is 4.82. The molecule has 0 heterocycles. The summed E-state index contributed by atoms with van der Waals surface area (Å²) in [6.07, 6.45) is 3.27. The van der Waals surface area contributed by atoms with Crippen molar-refractivity contribution in [2.45, 2.75) is 31.7 Å². The summed E-state index contributed by atoms with van der Waals surface area (Å²) in [6, 6.07) is 4.25. The van der Waals surface area contributed by atoms with Crippen LogP contribution in [0.1, 0.15) is 36.0 Å². The zero-order valence-corrected chi connectivity index (χ0v) is 10.5. The van der Waals surface area contributed by atoms with Crippen LogP contribution in [0.5, 0.6) is 5.75 Å². The molecule has 0 atom stereocenters. The van der Waals surface area contributed by atoms with Gasteiger partial charge in [0.05, 0.1) is 12.7 Å². The first-order chi connectivity index (χ1) is 8.61. The van der Waals surface area contributed by atoms with E-state index in [1.165, 1.54) is 25.3 Å². The van der Waals surface area contributed by atoms with Gasteiger partial charge in [0.25, 0.3) is 0 Å². The fraction of sp³-hybridized carbons (Fsp3) is 0.500. The quantitative estimate of drug-likeness (QED) is 0.840. The Kier molecular flexibility index (Phi) is 3.97. The summed E-state index contributed by atoms with van der Waals surface area (Å²) in [6.45, 7) is 0. The van der Waals surface area contributed by atoms with E-state index < -0.39 is 5.82 Å². The zero-order valence-electron chi connectivity index (χ0n) is 10.5. The molecule has 1 aliphatic rings. The Bertz CT molecular complexity index is 439. The van der Waals surface area contributed by atoms with Gasteiger partial charge in [0.1, 0.15) is 11.6 Å². The number of ketones is 1. The van der Waals surface area contributed by atoms with Crippen molar-refractivity contribution < 1.29 is 13.9 Å². The molecule has 2 rings (SSSR count). The molecule has 0 radical (unpaired) electrons. The molecule has 1 aliphatic carbocycles. The predicted octanol–water partition coefficient (Wildman–Crippen LogP) is 2.53. The number of hydrogen-bond acceptors (Lipinski definition) is 3. The minimum Gasteiger partial charge on any atom is -0.496 e. The number of methoxy groups -OCH3 is 1. The summed E-state index contributed by atoms with van der Waals surface area (Å²) in [5, 5.41) is 0. The van der Waals surface area contributed by atoms with Crippen molar-refractivity contribution in [2.75, 3.05) is 7.11 Å². The molecule has 4 heteroatoms. The lowest BCUT2D eigenvalue weighted by Gasteiger charge is -2.25. The molecule has 0 aliphatic heterocycles. The molecule has 0 spiro atoms. The monoisotopic (exact) mass is 251 g/mol. The number of ether oxygens (including phenoxy) is 1. The Morgan fingerprint density at radius 3 is 2.61 bits per heavy atom. The summed E-state index contributed by atoms with van der Waals surface area (Å²) >= 11 is 0. The first-order valence-corrected chi connectivity index (χ1v) is 6.25. The van der Waals surface area contributed by atoms with Crippen LogP contribution in [0.3, 0.4) is 0 Å². The molecule has 0 bridgehead atoms. The van der Waals surface area contributed by atoms with Gasteiger partial charge in [-0.05, 0) is 43.9 Å². The van der Waals surface area contributed by atoms with Crippen LogP contribution in [0.4, 0.5) is 4.39 Å². The van der Waals surface area contributed by atoms with Crippen LogP contribution >= 0.6 is 0 Å². The van der Waals surface area contributed by atoms with Crippen molar-refractivity contribution in [3.63, 3.8) is 0 Å². The SMILES string of the molecule is COc1ccc(F)cc1C(=O)C1CCC(N)CC1. The molecule has 98 valence electrons. The number of Topliss-reactive ketones (excluding diaryl/α,β-unsaturated/α-hetero) is 1. The maximum Gasteiger partial charge on any atom is 0.169 e. The lowest BCUT2D eigenvalue weighted by Crippen LogP contribution is -2.30. The summed E-state index contributed by atoms with van der Waals surface area (Å²) in [5.74, 6) is -0.0540. The van der Waals surface area contributed by atoms with Gasteiger partial charge in [0, 0.05) is 12.0 Å². The highest BCUT2D eigenvalue weighted by Gasteiger charge is 2.27. The van der Waals surface area contributed by atoms with E-state index in [-0.39, 0.29) is 17.7 Å². The molecule has 2 N–H and O–H groups in total. The molecule has 1 saturated carbocycles. The van der Waals surface area contributed by atoms with Crippen LogP contribution < -0.4 is 10.5 Å². The first-order valence-electron chi connectivity index (χ1n) is 6.25. The van der Waals surface area contributed by atoms with Gasteiger partial charge in [-0.3, -0.25) is 4.79 Å². The molecule has 0 aromatic heterocycles.